The Balaban J connectivity index is 3.59. The first-order valence-electron chi connectivity index (χ1n) is 4.69. The Morgan fingerprint density at radius 3 is 1.79 bits per heavy atom. The van der Waals surface area contributed by atoms with Crippen LogP contribution in [0.25, 0.3) is 0 Å². The van der Waals surface area contributed by atoms with Crippen LogP contribution in [0.2, 0.25) is 0 Å². The van der Waals surface area contributed by atoms with Gasteiger partial charge < -0.3 is 5.02 Å². The summed E-state index contributed by atoms with van der Waals surface area (Å²) in [5, 5.41) is 9.37. The van der Waals surface area contributed by atoms with Gasteiger partial charge in [-0.25, -0.2) is 0 Å². The lowest BCUT2D eigenvalue weighted by Gasteiger charge is -1.91. The molecule has 0 aliphatic rings. The third-order valence-corrected chi connectivity index (χ3v) is 1.58. The third kappa shape index (κ3) is 8.72. The predicted molar refractivity (Wildman–Crippen MR) is 62.4 cm³/mol. The van der Waals surface area contributed by atoms with Crippen molar-refractivity contribution >= 4 is 6.92 Å². The van der Waals surface area contributed by atoms with Gasteiger partial charge >= 0.3 is 6.92 Å². The van der Waals surface area contributed by atoms with Crippen molar-refractivity contribution in [1.29, 1.82) is 0 Å². The maximum absolute atomic E-state index is 9.37. The Labute approximate surface area is 87.0 Å². The number of hydrogen-bond acceptors (Lipinski definition) is 1. The summed E-state index contributed by atoms with van der Waals surface area (Å²) in [7, 11) is 0. The van der Waals surface area contributed by atoms with Crippen LogP contribution >= 0.6 is 0 Å². The summed E-state index contributed by atoms with van der Waals surface area (Å²) in [5.74, 6) is 8.51. The van der Waals surface area contributed by atoms with Crippen LogP contribution in [-0.4, -0.2) is 11.9 Å². The summed E-state index contributed by atoms with van der Waals surface area (Å²) >= 11 is 0. The molecule has 1 N–H and O–H groups in total. The van der Waals surface area contributed by atoms with Gasteiger partial charge in [-0.2, -0.15) is 0 Å². The normalized spacial score (nSPS) is 10.2. The molecule has 1 nitrogen and oxygen atoms in total. The molecule has 0 aliphatic carbocycles. The fourth-order valence-corrected chi connectivity index (χ4v) is 0.869. The number of allylic oxidation sites excluding steroid dienone is 2. The minimum Gasteiger partial charge on any atom is -0.443 e. The van der Waals surface area contributed by atoms with E-state index in [1.165, 1.54) is 0 Å². The monoisotopic (exact) mass is 186 g/mol. The zero-order chi connectivity index (χ0) is 10.6. The zero-order valence-corrected chi connectivity index (χ0v) is 8.32. The molecule has 0 fully saturated rings. The molecule has 0 bridgehead atoms. The molecule has 72 valence electrons. The van der Waals surface area contributed by atoms with Gasteiger partial charge in [0.15, 0.2) is 0 Å². The minimum atomic E-state index is -0.523. The lowest BCUT2D eigenvalue weighted by molar-refractivity contribution is 0.597. The SMILES string of the molecule is C#CCCC=CB(O)C=CCCC#C. The summed E-state index contributed by atoms with van der Waals surface area (Å²) in [6.45, 7) is -0.523. The summed E-state index contributed by atoms with van der Waals surface area (Å²) < 4.78 is 0. The molecular formula is C12H15BO. The molecule has 0 spiro atoms. The van der Waals surface area contributed by atoms with E-state index in [0.717, 1.165) is 12.8 Å². The molecule has 0 aromatic rings. The van der Waals surface area contributed by atoms with E-state index in [-0.39, 0.29) is 0 Å². The smallest absolute Gasteiger partial charge is 0.343 e. The van der Waals surface area contributed by atoms with Crippen LogP contribution in [0.4, 0.5) is 0 Å². The average Bonchev–Trinajstić information content (AvgIpc) is 2.19. The van der Waals surface area contributed by atoms with E-state index >= 15 is 0 Å². The van der Waals surface area contributed by atoms with E-state index in [2.05, 4.69) is 11.8 Å². The topological polar surface area (TPSA) is 20.2 Å². The van der Waals surface area contributed by atoms with Crippen molar-refractivity contribution < 1.29 is 5.02 Å². The highest BCUT2D eigenvalue weighted by Crippen LogP contribution is 1.93. The Kier molecular flexibility index (Phi) is 8.76. The Hall–Kier alpha value is -1.38. The first kappa shape index (κ1) is 12.6. The lowest BCUT2D eigenvalue weighted by atomic mass is 9.68. The number of terminal acetylenes is 2. The van der Waals surface area contributed by atoms with E-state index in [9.17, 15) is 5.02 Å². The Bertz CT molecular complexity index is 237. The molecule has 0 aromatic carbocycles. The first-order valence-corrected chi connectivity index (χ1v) is 4.69. The molecule has 0 unspecified atom stereocenters. The molecule has 0 aromatic heterocycles. The minimum absolute atomic E-state index is 0.523. The molecule has 0 rings (SSSR count). The van der Waals surface area contributed by atoms with Crippen molar-refractivity contribution in [3.05, 3.63) is 24.1 Å². The molecule has 0 radical (unpaired) electrons. The van der Waals surface area contributed by atoms with Crippen LogP contribution in [0.5, 0.6) is 0 Å². The van der Waals surface area contributed by atoms with Gasteiger partial charge in [-0.1, -0.05) is 24.1 Å². The molecule has 0 amide bonds. The van der Waals surface area contributed by atoms with Gasteiger partial charge in [0.25, 0.3) is 0 Å². The second kappa shape index (κ2) is 9.71. The van der Waals surface area contributed by atoms with Gasteiger partial charge in [-0.05, 0) is 12.8 Å². The highest BCUT2D eigenvalue weighted by Gasteiger charge is 1.97. The summed E-state index contributed by atoms with van der Waals surface area (Å²) in [6.07, 6.45) is 17.0. The van der Waals surface area contributed by atoms with Gasteiger partial charge in [0.05, 0.1) is 0 Å². The Morgan fingerprint density at radius 1 is 1.00 bits per heavy atom. The van der Waals surface area contributed by atoms with E-state index in [4.69, 9.17) is 12.8 Å². The summed E-state index contributed by atoms with van der Waals surface area (Å²) in [6, 6.07) is 0. The highest BCUT2D eigenvalue weighted by atomic mass is 16.2. The quantitative estimate of drug-likeness (QED) is 0.382. The Morgan fingerprint density at radius 2 is 1.43 bits per heavy atom. The van der Waals surface area contributed by atoms with Gasteiger partial charge in [0.1, 0.15) is 0 Å². The van der Waals surface area contributed by atoms with E-state index < -0.39 is 6.92 Å². The summed E-state index contributed by atoms with van der Waals surface area (Å²) in [5.41, 5.74) is 0. The largest absolute Gasteiger partial charge is 0.443 e. The van der Waals surface area contributed by atoms with Crippen molar-refractivity contribution in [3.8, 4) is 24.7 Å². The molecule has 0 atom stereocenters. The van der Waals surface area contributed by atoms with Gasteiger partial charge in [0, 0.05) is 12.8 Å². The second-order valence-corrected chi connectivity index (χ2v) is 2.83. The van der Waals surface area contributed by atoms with Gasteiger partial charge in [-0.3, -0.25) is 0 Å². The zero-order valence-electron chi connectivity index (χ0n) is 8.32. The molecule has 0 saturated carbocycles. The maximum Gasteiger partial charge on any atom is 0.343 e. The highest BCUT2D eigenvalue weighted by molar-refractivity contribution is 6.61. The van der Waals surface area contributed by atoms with Crippen LogP contribution < -0.4 is 0 Å². The molecule has 0 aliphatic heterocycles. The van der Waals surface area contributed by atoms with Crippen LogP contribution in [0.1, 0.15) is 25.7 Å². The predicted octanol–water partition coefficient (Wildman–Crippen LogP) is 1.99. The van der Waals surface area contributed by atoms with Gasteiger partial charge in [-0.15, -0.1) is 24.7 Å². The second-order valence-electron chi connectivity index (χ2n) is 2.83. The van der Waals surface area contributed by atoms with Gasteiger partial charge in [0.2, 0.25) is 0 Å². The van der Waals surface area contributed by atoms with Crippen molar-refractivity contribution in [1.82, 2.24) is 0 Å². The number of unbranched alkanes of at least 4 members (excludes halogenated alkanes) is 2. The van der Waals surface area contributed by atoms with Crippen molar-refractivity contribution in [2.45, 2.75) is 25.7 Å². The maximum atomic E-state index is 9.37. The average molecular weight is 186 g/mol. The van der Waals surface area contributed by atoms with E-state index in [1.807, 2.05) is 12.2 Å². The van der Waals surface area contributed by atoms with Crippen molar-refractivity contribution in [2.75, 3.05) is 0 Å². The first-order chi connectivity index (χ1) is 6.81. The van der Waals surface area contributed by atoms with Crippen molar-refractivity contribution in [2.24, 2.45) is 0 Å². The number of rotatable bonds is 6. The fraction of sp³-hybridized carbons (Fsp3) is 0.333. The molecule has 2 heteroatoms. The van der Waals surface area contributed by atoms with Crippen LogP contribution in [0.3, 0.4) is 0 Å². The van der Waals surface area contributed by atoms with Crippen molar-refractivity contribution in [3.63, 3.8) is 0 Å². The molecule has 0 saturated heterocycles. The standard InChI is InChI=1S/C12H15BO/c1-3-5-7-9-11-13(14)12-10-8-6-4-2/h1-2,9-12,14H,5-8H2. The fourth-order valence-electron chi connectivity index (χ4n) is 0.869. The van der Waals surface area contributed by atoms with Crippen LogP contribution in [0.15, 0.2) is 24.1 Å². The summed E-state index contributed by atoms with van der Waals surface area (Å²) in [4.78, 5) is 0. The van der Waals surface area contributed by atoms with E-state index in [1.54, 1.807) is 12.0 Å². The lowest BCUT2D eigenvalue weighted by Crippen LogP contribution is -2.03. The van der Waals surface area contributed by atoms with Crippen LogP contribution in [-0.2, 0) is 0 Å². The molecule has 0 heterocycles. The number of hydrogen-bond donors (Lipinski definition) is 1. The van der Waals surface area contributed by atoms with Crippen LogP contribution in [0, 0.1) is 24.7 Å². The van der Waals surface area contributed by atoms with E-state index in [0.29, 0.717) is 12.8 Å². The molecular weight excluding hydrogens is 171 g/mol. The molecule has 14 heavy (non-hydrogen) atoms. The third-order valence-electron chi connectivity index (χ3n) is 1.58.